The molecule has 0 fully saturated rings. The molecule has 118 valence electrons. The van der Waals surface area contributed by atoms with Gasteiger partial charge in [0.25, 0.3) is 0 Å². The zero-order chi connectivity index (χ0) is 16.6. The van der Waals surface area contributed by atoms with Crippen LogP contribution in [0.15, 0.2) is 53.0 Å². The van der Waals surface area contributed by atoms with Crippen molar-refractivity contribution in [1.29, 1.82) is 0 Å². The minimum absolute atomic E-state index is 0.123. The van der Waals surface area contributed by atoms with Crippen LogP contribution in [0.5, 0.6) is 5.75 Å². The number of hydrogen-bond donors (Lipinski definition) is 1. The predicted molar refractivity (Wildman–Crippen MR) is 93.7 cm³/mol. The molecule has 0 radical (unpaired) electrons. The first-order chi connectivity index (χ1) is 11.0. The normalized spacial score (nSPS) is 11.1. The number of fused-ring (bicyclic) bond motifs is 1. The Morgan fingerprint density at radius 1 is 1.17 bits per heavy atom. The third kappa shape index (κ3) is 2.84. The number of rotatable bonds is 4. The first-order valence-electron chi connectivity index (χ1n) is 7.28. The van der Waals surface area contributed by atoms with Gasteiger partial charge in [-0.2, -0.15) is 0 Å². The smallest absolute Gasteiger partial charge is 0.356 e. The van der Waals surface area contributed by atoms with Gasteiger partial charge in [0.15, 0.2) is 11.4 Å². The van der Waals surface area contributed by atoms with Gasteiger partial charge in [0.1, 0.15) is 0 Å². The van der Waals surface area contributed by atoms with E-state index >= 15 is 0 Å². The van der Waals surface area contributed by atoms with Gasteiger partial charge in [0.05, 0.1) is 11.6 Å². The second-order valence-electron chi connectivity index (χ2n) is 5.48. The molecule has 3 rings (SSSR count). The van der Waals surface area contributed by atoms with Crippen LogP contribution >= 0.6 is 15.9 Å². The number of hydrogen-bond acceptors (Lipinski definition) is 2. The average molecular weight is 374 g/mol. The van der Waals surface area contributed by atoms with Crippen LogP contribution in [0, 0.1) is 0 Å². The fraction of sp³-hybridized carbons (Fsp3) is 0.167. The highest BCUT2D eigenvalue weighted by Crippen LogP contribution is 2.37. The molecular formula is C18H16BrNO3. The van der Waals surface area contributed by atoms with Crippen molar-refractivity contribution in [2.45, 2.75) is 20.0 Å². The Morgan fingerprint density at radius 2 is 1.87 bits per heavy atom. The zero-order valence-corrected chi connectivity index (χ0v) is 14.4. The summed E-state index contributed by atoms with van der Waals surface area (Å²) in [6.45, 7) is 3.77. The number of halogens is 1. The van der Waals surface area contributed by atoms with Crippen molar-refractivity contribution in [3.8, 4) is 11.4 Å². The third-order valence-electron chi connectivity index (χ3n) is 3.45. The lowest BCUT2D eigenvalue weighted by Gasteiger charge is -2.11. The Balaban J connectivity index is 2.42. The molecule has 4 nitrogen and oxygen atoms in total. The van der Waals surface area contributed by atoms with E-state index in [1.165, 1.54) is 0 Å². The van der Waals surface area contributed by atoms with Crippen molar-refractivity contribution in [2.24, 2.45) is 0 Å². The van der Waals surface area contributed by atoms with Crippen molar-refractivity contribution < 1.29 is 14.6 Å². The van der Waals surface area contributed by atoms with Gasteiger partial charge in [-0.3, -0.25) is 0 Å². The molecule has 0 spiro atoms. The van der Waals surface area contributed by atoms with Crippen LogP contribution in [-0.2, 0) is 0 Å². The number of para-hydroxylation sites is 1. The lowest BCUT2D eigenvalue weighted by Crippen LogP contribution is -2.12. The molecule has 0 bridgehead atoms. The van der Waals surface area contributed by atoms with Crippen LogP contribution in [0.1, 0.15) is 24.3 Å². The highest BCUT2D eigenvalue weighted by Gasteiger charge is 2.25. The summed E-state index contributed by atoms with van der Waals surface area (Å²) in [6, 6.07) is 15.1. The standard InChI is InChI=1S/C18H16BrNO3/c1-11(2)23-17-14-10-12(19)8-9-15(14)20(16(17)18(21)22)13-6-4-3-5-7-13/h3-11H,1-2H3,(H,21,22). The summed E-state index contributed by atoms with van der Waals surface area (Å²) in [7, 11) is 0. The molecule has 0 amide bonds. The van der Waals surface area contributed by atoms with Gasteiger partial charge < -0.3 is 14.4 Å². The number of benzene rings is 2. The van der Waals surface area contributed by atoms with E-state index in [1.54, 1.807) is 4.57 Å². The summed E-state index contributed by atoms with van der Waals surface area (Å²) in [5, 5.41) is 10.6. The fourth-order valence-corrected chi connectivity index (χ4v) is 2.99. The summed E-state index contributed by atoms with van der Waals surface area (Å²) in [5.74, 6) is -0.621. The van der Waals surface area contributed by atoms with Crippen molar-refractivity contribution >= 4 is 32.8 Å². The van der Waals surface area contributed by atoms with Gasteiger partial charge >= 0.3 is 5.97 Å². The molecule has 0 aliphatic rings. The summed E-state index contributed by atoms with van der Waals surface area (Å²) >= 11 is 3.45. The SMILES string of the molecule is CC(C)Oc1c(C(=O)O)n(-c2ccccc2)c2ccc(Br)cc12. The molecule has 0 saturated carbocycles. The van der Waals surface area contributed by atoms with E-state index in [0.717, 1.165) is 21.1 Å². The number of carboxylic acids is 1. The predicted octanol–water partition coefficient (Wildman–Crippen LogP) is 4.88. The topological polar surface area (TPSA) is 51.5 Å². The van der Waals surface area contributed by atoms with E-state index in [4.69, 9.17) is 4.74 Å². The molecule has 0 atom stereocenters. The van der Waals surface area contributed by atoms with E-state index in [0.29, 0.717) is 5.75 Å². The molecule has 3 aromatic rings. The Morgan fingerprint density at radius 3 is 2.48 bits per heavy atom. The summed E-state index contributed by atoms with van der Waals surface area (Å²) in [6.07, 6.45) is -0.123. The minimum atomic E-state index is -1.02. The third-order valence-corrected chi connectivity index (χ3v) is 3.95. The molecule has 0 aliphatic heterocycles. The molecule has 1 N–H and O–H groups in total. The van der Waals surface area contributed by atoms with Gasteiger partial charge in [0, 0.05) is 15.5 Å². The summed E-state index contributed by atoms with van der Waals surface area (Å²) in [5.41, 5.74) is 1.72. The Bertz CT molecular complexity index is 869. The lowest BCUT2D eigenvalue weighted by molar-refractivity contribution is 0.0682. The molecular weight excluding hydrogens is 358 g/mol. The molecule has 23 heavy (non-hydrogen) atoms. The van der Waals surface area contributed by atoms with Crippen LogP contribution in [0.4, 0.5) is 0 Å². The zero-order valence-electron chi connectivity index (χ0n) is 12.8. The van der Waals surface area contributed by atoms with Crippen LogP contribution < -0.4 is 4.74 Å². The summed E-state index contributed by atoms with van der Waals surface area (Å²) < 4.78 is 8.45. The largest absolute Gasteiger partial charge is 0.488 e. The fourth-order valence-electron chi connectivity index (χ4n) is 2.63. The highest BCUT2D eigenvalue weighted by atomic mass is 79.9. The number of carbonyl (C=O) groups is 1. The van der Waals surface area contributed by atoms with Crippen molar-refractivity contribution in [3.63, 3.8) is 0 Å². The van der Waals surface area contributed by atoms with Crippen molar-refractivity contribution in [2.75, 3.05) is 0 Å². The van der Waals surface area contributed by atoms with Crippen molar-refractivity contribution in [3.05, 3.63) is 58.7 Å². The highest BCUT2D eigenvalue weighted by molar-refractivity contribution is 9.10. The number of carboxylic acid groups (broad SMARTS) is 1. The van der Waals surface area contributed by atoms with Crippen LogP contribution in [-0.4, -0.2) is 21.7 Å². The average Bonchev–Trinajstić information content (AvgIpc) is 2.81. The number of aromatic nitrogens is 1. The molecule has 2 aromatic carbocycles. The molecule has 0 aliphatic carbocycles. The van der Waals surface area contributed by atoms with E-state index in [9.17, 15) is 9.90 Å². The number of ether oxygens (including phenoxy) is 1. The monoisotopic (exact) mass is 373 g/mol. The maximum atomic E-state index is 11.9. The van der Waals surface area contributed by atoms with Gasteiger partial charge in [-0.25, -0.2) is 4.79 Å². The van der Waals surface area contributed by atoms with Gasteiger partial charge in [-0.15, -0.1) is 0 Å². The van der Waals surface area contributed by atoms with E-state index in [1.807, 2.05) is 62.4 Å². The Hall–Kier alpha value is -2.27. The van der Waals surface area contributed by atoms with E-state index < -0.39 is 5.97 Å². The Kier molecular flexibility index (Phi) is 4.13. The maximum Gasteiger partial charge on any atom is 0.356 e. The van der Waals surface area contributed by atoms with Crippen LogP contribution in [0.2, 0.25) is 0 Å². The van der Waals surface area contributed by atoms with Gasteiger partial charge in [0.2, 0.25) is 0 Å². The van der Waals surface area contributed by atoms with E-state index in [-0.39, 0.29) is 11.8 Å². The van der Waals surface area contributed by atoms with Gasteiger partial charge in [-0.05, 0) is 44.2 Å². The number of nitrogens with zero attached hydrogens (tertiary/aromatic N) is 1. The van der Waals surface area contributed by atoms with Crippen LogP contribution in [0.3, 0.4) is 0 Å². The number of aromatic carboxylic acids is 1. The van der Waals surface area contributed by atoms with E-state index in [2.05, 4.69) is 15.9 Å². The molecule has 0 unspecified atom stereocenters. The quantitative estimate of drug-likeness (QED) is 0.708. The summed E-state index contributed by atoms with van der Waals surface area (Å²) in [4.78, 5) is 11.9. The molecule has 5 heteroatoms. The van der Waals surface area contributed by atoms with Crippen molar-refractivity contribution in [1.82, 2.24) is 4.57 Å². The van der Waals surface area contributed by atoms with Crippen LogP contribution in [0.25, 0.3) is 16.6 Å². The molecule has 0 saturated heterocycles. The maximum absolute atomic E-state index is 11.9. The van der Waals surface area contributed by atoms with Gasteiger partial charge in [-0.1, -0.05) is 34.1 Å². The molecule has 1 aromatic heterocycles. The Labute approximate surface area is 142 Å². The first-order valence-corrected chi connectivity index (χ1v) is 8.07. The lowest BCUT2D eigenvalue weighted by atomic mass is 10.2. The first kappa shape index (κ1) is 15.6. The second kappa shape index (κ2) is 6.08. The molecule has 1 heterocycles. The minimum Gasteiger partial charge on any atom is -0.488 e. The second-order valence-corrected chi connectivity index (χ2v) is 6.40.